The van der Waals surface area contributed by atoms with Gasteiger partial charge in [0.25, 0.3) is 5.56 Å². The summed E-state index contributed by atoms with van der Waals surface area (Å²) >= 11 is 0. The van der Waals surface area contributed by atoms with Crippen LogP contribution in [0, 0.1) is 6.92 Å². The Kier molecular flexibility index (Phi) is 5.73. The number of carbonyl (C=O) groups excluding carboxylic acids is 1. The van der Waals surface area contributed by atoms with Gasteiger partial charge in [0, 0.05) is 39.5 Å². The normalized spacial score (nSPS) is 11.3. The highest BCUT2D eigenvalue weighted by molar-refractivity contribution is 7.89. The van der Waals surface area contributed by atoms with Gasteiger partial charge in [0.15, 0.2) is 4.90 Å². The summed E-state index contributed by atoms with van der Waals surface area (Å²) in [7, 11) is -1.64. The first-order chi connectivity index (χ1) is 12.1. The molecule has 2 N–H and O–H groups in total. The van der Waals surface area contributed by atoms with Gasteiger partial charge in [0.1, 0.15) is 5.82 Å². The third-order valence-electron chi connectivity index (χ3n) is 3.53. The number of anilines is 1. The summed E-state index contributed by atoms with van der Waals surface area (Å²) in [5.41, 5.74) is -0.637. The maximum absolute atomic E-state index is 12.3. The van der Waals surface area contributed by atoms with Crippen LogP contribution in [0.3, 0.4) is 0 Å². The molecule has 0 radical (unpaired) electrons. The van der Waals surface area contributed by atoms with Gasteiger partial charge in [-0.2, -0.15) is 0 Å². The number of sulfonamides is 1. The van der Waals surface area contributed by atoms with Gasteiger partial charge in [-0.05, 0) is 18.6 Å². The molecule has 0 spiro atoms. The van der Waals surface area contributed by atoms with Gasteiger partial charge in [0.2, 0.25) is 15.9 Å². The minimum Gasteiger partial charge on any atom is -0.311 e. The van der Waals surface area contributed by atoms with Crippen molar-refractivity contribution in [3.05, 3.63) is 50.9 Å². The zero-order valence-electron chi connectivity index (χ0n) is 14.5. The van der Waals surface area contributed by atoms with E-state index in [0.29, 0.717) is 10.4 Å². The fourth-order valence-corrected chi connectivity index (χ4v) is 3.27. The zero-order valence-corrected chi connectivity index (χ0v) is 15.3. The molecule has 2 aromatic rings. The molecular weight excluding hydrogens is 362 g/mol. The Balaban J connectivity index is 2.03. The molecule has 0 atom stereocenters. The fraction of sp³-hybridized carbons (Fsp3) is 0.333. The topological polar surface area (TPSA) is 132 Å². The molecule has 140 valence electrons. The lowest BCUT2D eigenvalue weighted by molar-refractivity contribution is -0.116. The highest BCUT2D eigenvalue weighted by Crippen LogP contribution is 2.04. The monoisotopic (exact) mass is 381 g/mol. The highest BCUT2D eigenvalue weighted by Gasteiger charge is 2.21. The number of nitrogens with zero attached hydrogens (tertiary/aromatic N) is 3. The number of pyridine rings is 1. The molecule has 0 saturated carbocycles. The smallest absolute Gasteiger partial charge is 0.311 e. The lowest BCUT2D eigenvalue weighted by atomic mass is 10.3. The summed E-state index contributed by atoms with van der Waals surface area (Å²) in [6.07, 6.45) is 2.39. The predicted octanol–water partition coefficient (Wildman–Crippen LogP) is -0.905. The molecule has 0 bridgehead atoms. The van der Waals surface area contributed by atoms with Crippen molar-refractivity contribution in [1.29, 1.82) is 0 Å². The van der Waals surface area contributed by atoms with Gasteiger partial charge < -0.3 is 9.88 Å². The molecule has 11 heteroatoms. The Bertz CT molecular complexity index is 1040. The molecular formula is C15H19N5O5S. The van der Waals surface area contributed by atoms with Crippen molar-refractivity contribution >= 4 is 21.7 Å². The van der Waals surface area contributed by atoms with Crippen LogP contribution < -0.4 is 21.3 Å². The Morgan fingerprint density at radius 2 is 1.92 bits per heavy atom. The molecule has 0 aliphatic heterocycles. The lowest BCUT2D eigenvalue weighted by Gasteiger charge is -2.09. The van der Waals surface area contributed by atoms with Crippen LogP contribution in [-0.2, 0) is 28.9 Å². The van der Waals surface area contributed by atoms with Crippen LogP contribution in [0.25, 0.3) is 0 Å². The van der Waals surface area contributed by atoms with Crippen LogP contribution in [-0.4, -0.2) is 35.0 Å². The number of rotatable bonds is 6. The number of hydrogen-bond acceptors (Lipinski definition) is 6. The number of nitrogens with one attached hydrogen (secondary N) is 2. The second kappa shape index (κ2) is 7.62. The minimum atomic E-state index is -4.17. The van der Waals surface area contributed by atoms with E-state index >= 15 is 0 Å². The van der Waals surface area contributed by atoms with Gasteiger partial charge in [-0.1, -0.05) is 6.07 Å². The van der Waals surface area contributed by atoms with E-state index in [9.17, 15) is 22.8 Å². The van der Waals surface area contributed by atoms with E-state index in [1.54, 1.807) is 18.3 Å². The van der Waals surface area contributed by atoms with Gasteiger partial charge in [-0.3, -0.25) is 14.2 Å². The summed E-state index contributed by atoms with van der Waals surface area (Å²) in [6.45, 7) is 1.64. The summed E-state index contributed by atoms with van der Waals surface area (Å²) in [5, 5.41) is 2.54. The first-order valence-electron chi connectivity index (χ1n) is 7.60. The van der Waals surface area contributed by atoms with Gasteiger partial charge in [0.05, 0.1) is 0 Å². The van der Waals surface area contributed by atoms with E-state index in [2.05, 4.69) is 15.0 Å². The largest absolute Gasteiger partial charge is 0.330 e. The van der Waals surface area contributed by atoms with Crippen molar-refractivity contribution in [3.8, 4) is 0 Å². The van der Waals surface area contributed by atoms with Crippen molar-refractivity contribution in [2.45, 2.75) is 18.2 Å². The molecule has 0 aromatic carbocycles. The minimum absolute atomic E-state index is 0.152. The van der Waals surface area contributed by atoms with E-state index < -0.39 is 32.1 Å². The van der Waals surface area contributed by atoms with Crippen molar-refractivity contribution < 1.29 is 13.2 Å². The van der Waals surface area contributed by atoms with E-state index in [1.807, 2.05) is 6.92 Å². The molecule has 0 aliphatic carbocycles. The Morgan fingerprint density at radius 3 is 2.54 bits per heavy atom. The standard InChI is InChI=1S/C15H19N5O5S/c1-10-4-5-12(16-8-10)18-13(21)6-7-17-26(24,25)11-9-19(2)15(23)20(3)14(11)22/h4-5,8-9,17H,6-7H2,1-3H3,(H,16,18,21). The van der Waals surface area contributed by atoms with Crippen molar-refractivity contribution in [1.82, 2.24) is 18.8 Å². The SMILES string of the molecule is Cc1ccc(NC(=O)CCNS(=O)(=O)c2cn(C)c(=O)n(C)c2=O)nc1. The second-order valence-corrected chi connectivity index (χ2v) is 7.40. The lowest BCUT2D eigenvalue weighted by Crippen LogP contribution is -2.41. The molecule has 0 saturated heterocycles. The van der Waals surface area contributed by atoms with E-state index in [4.69, 9.17) is 0 Å². The Labute approximate surface area is 149 Å². The number of aryl methyl sites for hydroxylation is 2. The van der Waals surface area contributed by atoms with Crippen LogP contribution in [0.15, 0.2) is 39.0 Å². The second-order valence-electron chi connectivity index (χ2n) is 5.67. The average molecular weight is 381 g/mol. The molecule has 0 aliphatic rings. The average Bonchev–Trinajstić information content (AvgIpc) is 2.58. The molecule has 1 amide bonds. The quantitative estimate of drug-likeness (QED) is 0.666. The van der Waals surface area contributed by atoms with Gasteiger partial charge in [-0.25, -0.2) is 22.9 Å². The molecule has 2 aromatic heterocycles. The third-order valence-corrected chi connectivity index (χ3v) is 4.97. The van der Waals surface area contributed by atoms with E-state index in [0.717, 1.165) is 16.3 Å². The van der Waals surface area contributed by atoms with Crippen LogP contribution in [0.2, 0.25) is 0 Å². The predicted molar refractivity (Wildman–Crippen MR) is 94.3 cm³/mol. The number of aromatic nitrogens is 3. The van der Waals surface area contributed by atoms with Crippen LogP contribution in [0.1, 0.15) is 12.0 Å². The maximum atomic E-state index is 12.3. The maximum Gasteiger partial charge on any atom is 0.330 e. The number of hydrogen-bond donors (Lipinski definition) is 2. The Hall–Kier alpha value is -2.79. The molecule has 0 fully saturated rings. The third kappa shape index (κ3) is 4.43. The van der Waals surface area contributed by atoms with Crippen molar-refractivity contribution in [2.75, 3.05) is 11.9 Å². The van der Waals surface area contributed by atoms with Crippen LogP contribution in [0.4, 0.5) is 5.82 Å². The summed E-state index contributed by atoms with van der Waals surface area (Å²) in [6, 6.07) is 3.41. The number of amides is 1. The highest BCUT2D eigenvalue weighted by atomic mass is 32.2. The van der Waals surface area contributed by atoms with Crippen molar-refractivity contribution in [3.63, 3.8) is 0 Å². The van der Waals surface area contributed by atoms with E-state index in [1.165, 1.54) is 14.1 Å². The van der Waals surface area contributed by atoms with E-state index in [-0.39, 0.29) is 13.0 Å². The molecule has 26 heavy (non-hydrogen) atoms. The molecule has 10 nitrogen and oxygen atoms in total. The Morgan fingerprint density at radius 1 is 1.23 bits per heavy atom. The zero-order chi connectivity index (χ0) is 19.5. The van der Waals surface area contributed by atoms with Gasteiger partial charge >= 0.3 is 5.69 Å². The summed E-state index contributed by atoms with van der Waals surface area (Å²) in [5.74, 6) is -0.0761. The van der Waals surface area contributed by atoms with Crippen molar-refractivity contribution in [2.24, 2.45) is 14.1 Å². The first-order valence-corrected chi connectivity index (χ1v) is 9.09. The molecule has 2 rings (SSSR count). The first kappa shape index (κ1) is 19.5. The molecule has 2 heterocycles. The van der Waals surface area contributed by atoms with Crippen LogP contribution >= 0.6 is 0 Å². The fourth-order valence-electron chi connectivity index (χ4n) is 2.08. The van der Waals surface area contributed by atoms with Gasteiger partial charge in [-0.15, -0.1) is 0 Å². The van der Waals surface area contributed by atoms with Crippen LogP contribution in [0.5, 0.6) is 0 Å². The molecule has 0 unspecified atom stereocenters. The number of carbonyl (C=O) groups is 1. The summed E-state index contributed by atoms with van der Waals surface area (Å²) < 4.78 is 28.4. The summed E-state index contributed by atoms with van der Waals surface area (Å²) in [4.78, 5) is 38.9.